The molecule has 1 heterocycles. The van der Waals surface area contributed by atoms with Crippen LogP contribution in [0.25, 0.3) is 0 Å². The monoisotopic (exact) mass is 230 g/mol. The number of amides is 2. The van der Waals surface area contributed by atoms with Gasteiger partial charge in [-0.25, -0.2) is 0 Å². The topological polar surface area (TPSA) is 47.1 Å². The van der Waals surface area contributed by atoms with Gasteiger partial charge in [0.1, 0.15) is 0 Å². The third-order valence-corrected chi connectivity index (χ3v) is 1.94. The summed E-state index contributed by atoms with van der Waals surface area (Å²) in [5, 5.41) is -3.09. The van der Waals surface area contributed by atoms with Crippen molar-refractivity contribution < 1.29 is 27.5 Å². The van der Waals surface area contributed by atoms with E-state index in [1.54, 1.807) is 0 Å². The Balaban J connectivity index is 2.94. The Kier molecular flexibility index (Phi) is 3.42. The molecule has 1 fully saturated rings. The minimum atomic E-state index is -2.18. The second-order valence-electron chi connectivity index (χ2n) is 2.73. The fraction of sp³-hybridized carbons (Fsp3) is 0.600. The van der Waals surface area contributed by atoms with Gasteiger partial charge in [0.15, 0.2) is 12.3 Å². The van der Waals surface area contributed by atoms with E-state index >= 15 is 0 Å². The van der Waals surface area contributed by atoms with Crippen LogP contribution < -0.4 is 0 Å². The summed E-state index contributed by atoms with van der Waals surface area (Å²) in [5.74, 6) is 0. The number of halogens is 4. The van der Waals surface area contributed by atoms with Crippen LogP contribution in [0.3, 0.4) is 0 Å². The molecule has 2 atom stereocenters. The lowest BCUT2D eigenvalue weighted by Gasteiger charge is -2.23. The molecule has 0 radical (unpaired) electrons. The molecule has 0 aromatic carbocycles. The fourth-order valence-electron chi connectivity index (χ4n) is 1.32. The van der Waals surface area contributed by atoms with Crippen LogP contribution in [0, 0.1) is 0 Å². The van der Waals surface area contributed by atoms with E-state index in [9.17, 15) is 27.5 Å². The predicted molar refractivity (Wildman–Crippen MR) is 36.4 cm³/mol. The molecule has 6 nitrogen and oxygen atoms in total. The highest BCUT2D eigenvalue weighted by atomic mass is 19.4. The first-order valence-electron chi connectivity index (χ1n) is 3.66. The summed E-state index contributed by atoms with van der Waals surface area (Å²) in [6.45, 7) is -0.614. The Hall–Kier alpha value is -1.42. The van der Waals surface area contributed by atoms with Crippen LogP contribution in [0.15, 0.2) is 0 Å². The number of hydrogen-bond acceptors (Lipinski definition) is 4. The molecule has 0 aromatic rings. The van der Waals surface area contributed by atoms with E-state index in [2.05, 4.69) is 0 Å². The lowest BCUT2D eigenvalue weighted by Crippen LogP contribution is -2.48. The van der Waals surface area contributed by atoms with Gasteiger partial charge in [0, 0.05) is 10.7 Å². The summed E-state index contributed by atoms with van der Waals surface area (Å²) >= 11 is 0. The average Bonchev–Trinajstić information content (AvgIpc) is 2.55. The number of nitrogens with zero attached hydrogens (tertiary/aromatic N) is 4. The summed E-state index contributed by atoms with van der Waals surface area (Å²) < 4.78 is 48.9. The number of carbonyl (C=O) groups excluding carboxylic acids is 2. The van der Waals surface area contributed by atoms with Gasteiger partial charge in [-0.2, -0.15) is 0 Å². The summed E-state index contributed by atoms with van der Waals surface area (Å²) in [6.07, 6.45) is -4.42. The van der Waals surface area contributed by atoms with Crippen molar-refractivity contribution in [1.82, 2.24) is 20.5 Å². The highest BCUT2D eigenvalue weighted by molar-refractivity contribution is 5.54. The molecule has 1 aliphatic rings. The third kappa shape index (κ3) is 1.99. The van der Waals surface area contributed by atoms with Gasteiger partial charge < -0.3 is 9.80 Å². The first kappa shape index (κ1) is 11.7. The highest BCUT2D eigenvalue weighted by Crippen LogP contribution is 2.25. The minimum absolute atomic E-state index is 0.0309. The van der Waals surface area contributed by atoms with Crippen LogP contribution in [-0.2, 0) is 9.59 Å². The molecular weight excluding hydrogens is 224 g/mol. The summed E-state index contributed by atoms with van der Waals surface area (Å²) in [5.41, 5.74) is 0. The van der Waals surface area contributed by atoms with E-state index in [1.807, 2.05) is 0 Å². The number of rotatable bonds is 4. The Labute approximate surface area is 81.0 Å². The summed E-state index contributed by atoms with van der Waals surface area (Å²) in [6, 6.07) is 0. The summed E-state index contributed by atoms with van der Waals surface area (Å²) in [7, 11) is 0. The third-order valence-electron chi connectivity index (χ3n) is 1.94. The molecule has 0 aliphatic carbocycles. The normalized spacial score (nSPS) is 26.5. The lowest BCUT2D eigenvalue weighted by molar-refractivity contribution is -0.281. The Morgan fingerprint density at radius 1 is 0.933 bits per heavy atom. The molecule has 0 spiro atoms. The molecule has 86 valence electrons. The van der Waals surface area contributed by atoms with Crippen molar-refractivity contribution in [1.29, 1.82) is 0 Å². The van der Waals surface area contributed by atoms with Crippen molar-refractivity contribution in [3.63, 3.8) is 0 Å². The summed E-state index contributed by atoms with van der Waals surface area (Å²) in [4.78, 5) is 21.4. The Morgan fingerprint density at radius 3 is 1.47 bits per heavy atom. The van der Waals surface area contributed by atoms with Gasteiger partial charge in [-0.05, 0) is 0 Å². The van der Waals surface area contributed by atoms with E-state index in [1.165, 1.54) is 0 Å². The minimum Gasteiger partial charge on any atom is -0.303 e. The quantitative estimate of drug-likeness (QED) is 0.377. The van der Waals surface area contributed by atoms with Crippen LogP contribution in [0.1, 0.15) is 0 Å². The van der Waals surface area contributed by atoms with E-state index in [0.29, 0.717) is 9.80 Å². The molecule has 1 aliphatic heterocycles. The molecular formula is C5H6F4N4O2. The lowest BCUT2D eigenvalue weighted by atomic mass is 10.4. The number of carbonyl (C=O) groups is 2. The molecule has 2 unspecified atom stereocenters. The zero-order valence-corrected chi connectivity index (χ0v) is 7.13. The van der Waals surface area contributed by atoms with Gasteiger partial charge >= 0.3 is 0 Å². The van der Waals surface area contributed by atoms with E-state index < -0.39 is 29.7 Å². The van der Waals surface area contributed by atoms with Crippen LogP contribution >= 0.6 is 0 Å². The standard InChI is InChI=1S/C5H6F4N4O2/c6-12(7)4-5(13(8)9)11(3-15)1-10(4)2-14/h2-5H,1H2. The van der Waals surface area contributed by atoms with Gasteiger partial charge in [0.05, 0.1) is 6.67 Å². The fourth-order valence-corrected chi connectivity index (χ4v) is 1.32. The molecule has 15 heavy (non-hydrogen) atoms. The van der Waals surface area contributed by atoms with E-state index in [4.69, 9.17) is 0 Å². The van der Waals surface area contributed by atoms with Gasteiger partial charge in [-0.15, -0.1) is 0 Å². The number of hydrogen-bond donors (Lipinski definition) is 0. The maximum atomic E-state index is 12.2. The second kappa shape index (κ2) is 4.40. The predicted octanol–water partition coefficient (Wildman–Crippen LogP) is -0.332. The Morgan fingerprint density at radius 2 is 1.27 bits per heavy atom. The SMILES string of the molecule is O=CN1CN(C=O)C(N(F)F)C1N(F)F. The largest absolute Gasteiger partial charge is 0.303 e. The van der Waals surface area contributed by atoms with Gasteiger partial charge in [-0.1, -0.05) is 17.9 Å². The molecule has 2 amide bonds. The Bertz CT molecular complexity index is 229. The van der Waals surface area contributed by atoms with E-state index in [-0.39, 0.29) is 12.8 Å². The van der Waals surface area contributed by atoms with Crippen LogP contribution in [0.4, 0.5) is 17.9 Å². The molecule has 0 bridgehead atoms. The molecule has 1 saturated heterocycles. The first-order valence-corrected chi connectivity index (χ1v) is 3.66. The first-order chi connectivity index (χ1) is 7.02. The molecule has 0 saturated carbocycles. The van der Waals surface area contributed by atoms with Crippen LogP contribution in [0.2, 0.25) is 0 Å². The van der Waals surface area contributed by atoms with Crippen molar-refractivity contribution in [3.8, 4) is 0 Å². The van der Waals surface area contributed by atoms with E-state index in [0.717, 1.165) is 0 Å². The van der Waals surface area contributed by atoms with Gasteiger partial charge in [0.25, 0.3) is 0 Å². The maximum Gasteiger partial charge on any atom is 0.212 e. The van der Waals surface area contributed by atoms with Crippen molar-refractivity contribution in [2.24, 2.45) is 0 Å². The van der Waals surface area contributed by atoms with Crippen molar-refractivity contribution >= 4 is 12.8 Å². The van der Waals surface area contributed by atoms with Crippen molar-refractivity contribution in [2.75, 3.05) is 6.67 Å². The molecule has 1 rings (SSSR count). The zero-order valence-electron chi connectivity index (χ0n) is 7.13. The molecule has 10 heteroatoms. The molecule has 0 N–H and O–H groups in total. The molecule has 0 aromatic heterocycles. The van der Waals surface area contributed by atoms with Crippen LogP contribution in [0.5, 0.6) is 0 Å². The van der Waals surface area contributed by atoms with Crippen molar-refractivity contribution in [2.45, 2.75) is 12.3 Å². The van der Waals surface area contributed by atoms with Gasteiger partial charge in [0.2, 0.25) is 12.8 Å². The van der Waals surface area contributed by atoms with Crippen molar-refractivity contribution in [3.05, 3.63) is 0 Å². The zero-order chi connectivity index (χ0) is 11.6. The second-order valence-corrected chi connectivity index (χ2v) is 2.73. The van der Waals surface area contributed by atoms with Crippen LogP contribution in [-0.4, -0.2) is 52.3 Å². The average molecular weight is 230 g/mol. The highest BCUT2D eigenvalue weighted by Gasteiger charge is 2.48. The van der Waals surface area contributed by atoms with Gasteiger partial charge in [-0.3, -0.25) is 9.59 Å². The smallest absolute Gasteiger partial charge is 0.212 e. The maximum absolute atomic E-state index is 12.2.